The van der Waals surface area contributed by atoms with Crippen molar-refractivity contribution in [3.8, 4) is 0 Å². The van der Waals surface area contributed by atoms with Gasteiger partial charge in [-0.3, -0.25) is 15.1 Å². The minimum atomic E-state index is -0.365. The number of nitro benzene ring substituents is 1. The van der Waals surface area contributed by atoms with Crippen LogP contribution in [0.4, 0.5) is 11.4 Å². The minimum Gasteiger partial charge on any atom is -0.371 e. The van der Waals surface area contributed by atoms with Crippen molar-refractivity contribution < 1.29 is 4.92 Å². The molecule has 2 aromatic rings. The molecular formula is C15H18N4O2. The zero-order valence-corrected chi connectivity index (χ0v) is 12.0. The Kier molecular flexibility index (Phi) is 3.47. The molecule has 110 valence electrons. The molecule has 0 saturated carbocycles. The third-order valence-electron chi connectivity index (χ3n) is 4.07. The van der Waals surface area contributed by atoms with Gasteiger partial charge in [0.2, 0.25) is 0 Å². The summed E-state index contributed by atoms with van der Waals surface area (Å²) in [7, 11) is 0. The van der Waals surface area contributed by atoms with Crippen LogP contribution >= 0.6 is 0 Å². The predicted molar refractivity (Wildman–Crippen MR) is 82.5 cm³/mol. The van der Waals surface area contributed by atoms with Crippen molar-refractivity contribution in [1.82, 2.24) is 4.98 Å². The quantitative estimate of drug-likeness (QED) is 0.691. The highest BCUT2D eigenvalue weighted by atomic mass is 16.6. The van der Waals surface area contributed by atoms with Crippen LogP contribution in [-0.4, -0.2) is 29.5 Å². The van der Waals surface area contributed by atoms with E-state index in [0.717, 1.165) is 41.8 Å². The van der Waals surface area contributed by atoms with Gasteiger partial charge in [-0.1, -0.05) is 0 Å². The highest BCUT2D eigenvalue weighted by Crippen LogP contribution is 2.32. The van der Waals surface area contributed by atoms with Gasteiger partial charge in [0, 0.05) is 42.0 Å². The van der Waals surface area contributed by atoms with Gasteiger partial charge in [0.25, 0.3) is 5.69 Å². The number of aromatic nitrogens is 1. The molecule has 0 radical (unpaired) electrons. The zero-order valence-electron chi connectivity index (χ0n) is 12.0. The molecule has 6 nitrogen and oxygen atoms in total. The summed E-state index contributed by atoms with van der Waals surface area (Å²) in [6.45, 7) is 4.46. The number of pyridine rings is 1. The molecule has 1 aliphatic rings. The molecule has 1 unspecified atom stereocenters. The second-order valence-electron chi connectivity index (χ2n) is 5.58. The van der Waals surface area contributed by atoms with E-state index in [2.05, 4.69) is 9.88 Å². The largest absolute Gasteiger partial charge is 0.371 e. The van der Waals surface area contributed by atoms with Gasteiger partial charge in [-0.05, 0) is 37.9 Å². The predicted octanol–water partition coefficient (Wildman–Crippen LogP) is 2.24. The van der Waals surface area contributed by atoms with Crippen molar-refractivity contribution in [1.29, 1.82) is 0 Å². The number of nitro groups is 1. The molecule has 2 N–H and O–H groups in total. The van der Waals surface area contributed by atoms with Gasteiger partial charge in [-0.2, -0.15) is 0 Å². The number of hydrogen-bond acceptors (Lipinski definition) is 5. The Hall–Kier alpha value is -2.21. The Bertz CT molecular complexity index is 701. The lowest BCUT2D eigenvalue weighted by Gasteiger charge is -2.21. The molecule has 2 heterocycles. The maximum absolute atomic E-state index is 11.0. The standard InChI is InChI=1S/C15H18N4O2/c1-10-6-15(18-5-4-11(8-16)9-18)13-7-12(19(20)21)2-3-14(13)17-10/h2-3,6-7,11H,4-5,8-9,16H2,1H3. The van der Waals surface area contributed by atoms with Gasteiger partial charge in [-0.15, -0.1) is 0 Å². The number of rotatable bonds is 3. The first-order valence-electron chi connectivity index (χ1n) is 7.09. The van der Waals surface area contributed by atoms with E-state index >= 15 is 0 Å². The second-order valence-corrected chi connectivity index (χ2v) is 5.58. The second kappa shape index (κ2) is 5.29. The first-order chi connectivity index (χ1) is 10.1. The first-order valence-corrected chi connectivity index (χ1v) is 7.09. The molecule has 0 spiro atoms. The lowest BCUT2D eigenvalue weighted by atomic mass is 10.1. The van der Waals surface area contributed by atoms with E-state index in [9.17, 15) is 10.1 Å². The third kappa shape index (κ3) is 2.54. The summed E-state index contributed by atoms with van der Waals surface area (Å²) in [5.74, 6) is 0.493. The van der Waals surface area contributed by atoms with Crippen LogP contribution in [-0.2, 0) is 0 Å². The van der Waals surface area contributed by atoms with Crippen LogP contribution < -0.4 is 10.6 Å². The number of nitrogens with two attached hydrogens (primary N) is 1. The number of benzene rings is 1. The molecule has 1 aromatic carbocycles. The summed E-state index contributed by atoms with van der Waals surface area (Å²) in [6.07, 6.45) is 1.06. The topological polar surface area (TPSA) is 85.3 Å². The number of aryl methyl sites for hydroxylation is 1. The van der Waals surface area contributed by atoms with E-state index in [1.807, 2.05) is 13.0 Å². The van der Waals surface area contributed by atoms with Crippen LogP contribution in [0.25, 0.3) is 10.9 Å². The van der Waals surface area contributed by atoms with Gasteiger partial charge >= 0.3 is 0 Å². The number of non-ortho nitro benzene ring substituents is 1. The smallest absolute Gasteiger partial charge is 0.270 e. The highest BCUT2D eigenvalue weighted by Gasteiger charge is 2.23. The molecule has 0 bridgehead atoms. The van der Waals surface area contributed by atoms with Gasteiger partial charge in [0.15, 0.2) is 0 Å². The van der Waals surface area contributed by atoms with Gasteiger partial charge in [-0.25, -0.2) is 0 Å². The van der Waals surface area contributed by atoms with Gasteiger partial charge < -0.3 is 10.6 Å². The lowest BCUT2D eigenvalue weighted by molar-refractivity contribution is -0.384. The first kappa shape index (κ1) is 13.8. The summed E-state index contributed by atoms with van der Waals surface area (Å²) in [5.41, 5.74) is 8.60. The van der Waals surface area contributed by atoms with Crippen LogP contribution in [0.2, 0.25) is 0 Å². The fraction of sp³-hybridized carbons (Fsp3) is 0.400. The van der Waals surface area contributed by atoms with E-state index < -0.39 is 0 Å². The summed E-state index contributed by atoms with van der Waals surface area (Å²) in [5, 5.41) is 11.8. The number of anilines is 1. The molecule has 1 aromatic heterocycles. The number of nitrogens with zero attached hydrogens (tertiary/aromatic N) is 3. The minimum absolute atomic E-state index is 0.101. The number of hydrogen-bond donors (Lipinski definition) is 1. The van der Waals surface area contributed by atoms with Crippen molar-refractivity contribution in [2.45, 2.75) is 13.3 Å². The van der Waals surface area contributed by atoms with Gasteiger partial charge in [0.1, 0.15) is 0 Å². The van der Waals surface area contributed by atoms with E-state index in [1.54, 1.807) is 12.1 Å². The monoisotopic (exact) mass is 286 g/mol. The zero-order chi connectivity index (χ0) is 15.0. The van der Waals surface area contributed by atoms with Crippen molar-refractivity contribution >= 4 is 22.3 Å². The Morgan fingerprint density at radius 1 is 1.48 bits per heavy atom. The SMILES string of the molecule is Cc1cc(N2CCC(CN)C2)c2cc([N+](=O)[O-])ccc2n1. The van der Waals surface area contributed by atoms with Crippen molar-refractivity contribution in [3.05, 3.63) is 40.1 Å². The molecule has 21 heavy (non-hydrogen) atoms. The van der Waals surface area contributed by atoms with E-state index in [1.165, 1.54) is 6.07 Å². The fourth-order valence-electron chi connectivity index (χ4n) is 2.94. The summed E-state index contributed by atoms with van der Waals surface area (Å²) < 4.78 is 0. The Morgan fingerprint density at radius 2 is 2.29 bits per heavy atom. The van der Waals surface area contributed by atoms with Crippen LogP contribution in [0.3, 0.4) is 0 Å². The maximum Gasteiger partial charge on any atom is 0.270 e. The maximum atomic E-state index is 11.0. The summed E-state index contributed by atoms with van der Waals surface area (Å²) >= 11 is 0. The van der Waals surface area contributed by atoms with E-state index in [-0.39, 0.29) is 10.6 Å². The Balaban J connectivity index is 2.11. The molecule has 1 atom stereocenters. The average molecular weight is 286 g/mol. The molecule has 1 saturated heterocycles. The van der Waals surface area contributed by atoms with Crippen LogP contribution in [0.1, 0.15) is 12.1 Å². The molecule has 0 aliphatic carbocycles. The fourth-order valence-corrected chi connectivity index (χ4v) is 2.94. The molecule has 6 heteroatoms. The molecule has 3 rings (SSSR count). The summed E-state index contributed by atoms with van der Waals surface area (Å²) in [4.78, 5) is 17.4. The van der Waals surface area contributed by atoms with Crippen LogP contribution in [0, 0.1) is 23.0 Å². The lowest BCUT2D eigenvalue weighted by Crippen LogP contribution is -2.23. The van der Waals surface area contributed by atoms with Crippen LogP contribution in [0.5, 0.6) is 0 Å². The average Bonchev–Trinajstić information content (AvgIpc) is 2.94. The van der Waals surface area contributed by atoms with Crippen molar-refractivity contribution in [3.63, 3.8) is 0 Å². The molecular weight excluding hydrogens is 268 g/mol. The summed E-state index contributed by atoms with van der Waals surface area (Å²) in [6, 6.07) is 6.85. The van der Waals surface area contributed by atoms with E-state index in [0.29, 0.717) is 12.5 Å². The molecule has 1 aliphatic heterocycles. The molecule has 0 amide bonds. The van der Waals surface area contributed by atoms with Gasteiger partial charge in [0.05, 0.1) is 10.4 Å². The third-order valence-corrected chi connectivity index (χ3v) is 4.07. The van der Waals surface area contributed by atoms with Crippen molar-refractivity contribution in [2.24, 2.45) is 11.7 Å². The Labute approximate surface area is 122 Å². The van der Waals surface area contributed by atoms with E-state index in [4.69, 9.17) is 5.73 Å². The number of fused-ring (bicyclic) bond motifs is 1. The Morgan fingerprint density at radius 3 is 2.95 bits per heavy atom. The van der Waals surface area contributed by atoms with Crippen LogP contribution in [0.15, 0.2) is 24.3 Å². The highest BCUT2D eigenvalue weighted by molar-refractivity contribution is 5.93. The van der Waals surface area contributed by atoms with Crippen molar-refractivity contribution in [2.75, 3.05) is 24.5 Å². The normalized spacial score (nSPS) is 18.4. The molecule has 1 fully saturated rings.